The van der Waals surface area contributed by atoms with E-state index in [9.17, 15) is 4.79 Å². The van der Waals surface area contributed by atoms with E-state index in [0.717, 1.165) is 12.8 Å². The summed E-state index contributed by atoms with van der Waals surface area (Å²) >= 11 is 0. The molecule has 0 rings (SSSR count). The molecular weight excluding hydrogens is 406 g/mol. The third-order valence-corrected chi connectivity index (χ3v) is 6.38. The second-order valence-corrected chi connectivity index (χ2v) is 10.2. The van der Waals surface area contributed by atoms with Gasteiger partial charge in [0.25, 0.3) is 0 Å². The molecule has 0 radical (unpaired) electrons. The topological polar surface area (TPSA) is 29.5 Å². The molecule has 0 atom stereocenters. The Hall–Kier alpha value is -0.830. The van der Waals surface area contributed by atoms with Crippen LogP contribution < -0.4 is 0 Å². The molecule has 0 aliphatic carbocycles. The number of esters is 1. The van der Waals surface area contributed by atoms with Gasteiger partial charge in [0.05, 0.1) is 0 Å². The van der Waals surface area contributed by atoms with Gasteiger partial charge in [0, 0.05) is 6.42 Å². The number of rotatable bonds is 26. The SMILES string of the molecule is CCCCCCCCCCCCCCCCCC=CCCCCCCCC(=O)OCN(C)C. The standard InChI is InChI=1S/C30H59NO2/c1-4-5-6-7-8-9-10-11-12-13-14-15-16-17-18-19-20-21-22-23-24-25-26-27-28-30(32)33-29-31(2)3/h20-21H,4-19,22-29H2,1-3H3. The lowest BCUT2D eigenvalue weighted by atomic mass is 10.0. The number of carbonyl (C=O) groups is 1. The fraction of sp³-hybridized carbons (Fsp3) is 0.900. The normalized spacial score (nSPS) is 11.6. The number of carbonyl (C=O) groups excluding carboxylic acids is 1. The van der Waals surface area contributed by atoms with Gasteiger partial charge in [-0.2, -0.15) is 0 Å². The lowest BCUT2D eigenvalue weighted by Gasteiger charge is -2.10. The Morgan fingerprint density at radius 3 is 1.33 bits per heavy atom. The number of unbranched alkanes of at least 4 members (excludes halogenated alkanes) is 20. The van der Waals surface area contributed by atoms with E-state index in [-0.39, 0.29) is 5.97 Å². The van der Waals surface area contributed by atoms with E-state index >= 15 is 0 Å². The molecule has 3 heteroatoms. The molecule has 196 valence electrons. The van der Waals surface area contributed by atoms with E-state index < -0.39 is 0 Å². The van der Waals surface area contributed by atoms with Crippen molar-refractivity contribution in [3.8, 4) is 0 Å². The first kappa shape index (κ1) is 32.2. The van der Waals surface area contributed by atoms with Crippen molar-refractivity contribution in [2.24, 2.45) is 0 Å². The highest BCUT2D eigenvalue weighted by Crippen LogP contribution is 2.14. The van der Waals surface area contributed by atoms with Crippen LogP contribution in [0.1, 0.15) is 155 Å². The minimum Gasteiger partial charge on any atom is -0.450 e. The van der Waals surface area contributed by atoms with Gasteiger partial charge >= 0.3 is 5.97 Å². The summed E-state index contributed by atoms with van der Waals surface area (Å²) in [5, 5.41) is 0. The van der Waals surface area contributed by atoms with Gasteiger partial charge in [0.2, 0.25) is 0 Å². The summed E-state index contributed by atoms with van der Waals surface area (Å²) in [4.78, 5) is 13.4. The molecule has 3 nitrogen and oxygen atoms in total. The number of hydrogen-bond donors (Lipinski definition) is 0. The van der Waals surface area contributed by atoms with Crippen molar-refractivity contribution in [2.45, 2.75) is 155 Å². The van der Waals surface area contributed by atoms with E-state index in [2.05, 4.69) is 19.1 Å². The van der Waals surface area contributed by atoms with E-state index in [1.807, 2.05) is 19.0 Å². The number of ether oxygens (including phenoxy) is 1. The van der Waals surface area contributed by atoms with Gasteiger partial charge in [-0.3, -0.25) is 9.69 Å². The van der Waals surface area contributed by atoms with Crippen LogP contribution in [0.25, 0.3) is 0 Å². The first-order chi connectivity index (χ1) is 16.2. The van der Waals surface area contributed by atoms with Crippen LogP contribution in [0, 0.1) is 0 Å². The summed E-state index contributed by atoms with van der Waals surface area (Å²) in [6.07, 6.45) is 35.2. The fourth-order valence-electron chi connectivity index (χ4n) is 4.20. The first-order valence-corrected chi connectivity index (χ1v) is 14.6. The van der Waals surface area contributed by atoms with E-state index in [1.165, 1.54) is 128 Å². The van der Waals surface area contributed by atoms with Crippen molar-refractivity contribution in [2.75, 3.05) is 20.8 Å². The Morgan fingerprint density at radius 1 is 0.576 bits per heavy atom. The maximum Gasteiger partial charge on any atom is 0.307 e. The van der Waals surface area contributed by atoms with Crippen molar-refractivity contribution in [3.05, 3.63) is 12.2 Å². The van der Waals surface area contributed by atoms with Crippen LogP contribution in [0.5, 0.6) is 0 Å². The Morgan fingerprint density at radius 2 is 0.939 bits per heavy atom. The summed E-state index contributed by atoms with van der Waals surface area (Å²) in [7, 11) is 3.81. The van der Waals surface area contributed by atoms with Crippen LogP contribution in [-0.4, -0.2) is 31.7 Å². The maximum absolute atomic E-state index is 11.5. The van der Waals surface area contributed by atoms with Crippen molar-refractivity contribution in [1.29, 1.82) is 0 Å². The zero-order valence-corrected chi connectivity index (χ0v) is 22.9. The molecule has 0 aromatic heterocycles. The van der Waals surface area contributed by atoms with Crippen molar-refractivity contribution < 1.29 is 9.53 Å². The first-order valence-electron chi connectivity index (χ1n) is 14.6. The minimum atomic E-state index is -0.0644. The van der Waals surface area contributed by atoms with Gasteiger partial charge in [0.15, 0.2) is 0 Å². The van der Waals surface area contributed by atoms with Crippen molar-refractivity contribution in [3.63, 3.8) is 0 Å². The molecule has 0 saturated heterocycles. The summed E-state index contributed by atoms with van der Waals surface area (Å²) in [6.45, 7) is 2.69. The summed E-state index contributed by atoms with van der Waals surface area (Å²) in [5.41, 5.74) is 0. The van der Waals surface area contributed by atoms with Crippen LogP contribution in [0.4, 0.5) is 0 Å². The monoisotopic (exact) mass is 465 g/mol. The smallest absolute Gasteiger partial charge is 0.307 e. The minimum absolute atomic E-state index is 0.0644. The zero-order valence-electron chi connectivity index (χ0n) is 22.9. The summed E-state index contributed by atoms with van der Waals surface area (Å²) < 4.78 is 5.13. The predicted molar refractivity (Wildman–Crippen MR) is 146 cm³/mol. The fourth-order valence-corrected chi connectivity index (χ4v) is 4.20. The molecule has 0 aliphatic rings. The molecule has 0 amide bonds. The quantitative estimate of drug-likeness (QED) is 0.0551. The lowest BCUT2D eigenvalue weighted by Crippen LogP contribution is -2.19. The molecule has 0 unspecified atom stereocenters. The molecule has 0 aromatic carbocycles. The molecule has 0 spiro atoms. The number of nitrogens with zero attached hydrogens (tertiary/aromatic N) is 1. The second kappa shape index (κ2) is 27.4. The molecule has 0 aromatic rings. The van der Waals surface area contributed by atoms with Crippen LogP contribution in [-0.2, 0) is 9.53 Å². The number of allylic oxidation sites excluding steroid dienone is 2. The molecule has 0 fully saturated rings. The van der Waals surface area contributed by atoms with Gasteiger partial charge in [0.1, 0.15) is 6.73 Å². The van der Waals surface area contributed by atoms with Crippen molar-refractivity contribution in [1.82, 2.24) is 4.90 Å². The van der Waals surface area contributed by atoms with E-state index in [0.29, 0.717) is 13.2 Å². The molecule has 0 aliphatic heterocycles. The molecule has 33 heavy (non-hydrogen) atoms. The van der Waals surface area contributed by atoms with Gasteiger partial charge < -0.3 is 4.74 Å². The highest BCUT2D eigenvalue weighted by atomic mass is 16.5. The molecule has 0 bridgehead atoms. The molecular formula is C30H59NO2. The van der Waals surface area contributed by atoms with Crippen LogP contribution in [0.15, 0.2) is 12.2 Å². The molecule has 0 N–H and O–H groups in total. The lowest BCUT2D eigenvalue weighted by molar-refractivity contribution is -0.147. The average molecular weight is 466 g/mol. The zero-order chi connectivity index (χ0) is 24.2. The third kappa shape index (κ3) is 29.1. The summed E-state index contributed by atoms with van der Waals surface area (Å²) in [5.74, 6) is -0.0644. The van der Waals surface area contributed by atoms with E-state index in [4.69, 9.17) is 4.74 Å². The molecule has 0 heterocycles. The highest BCUT2D eigenvalue weighted by molar-refractivity contribution is 5.69. The van der Waals surface area contributed by atoms with Crippen LogP contribution in [0.3, 0.4) is 0 Å². The average Bonchev–Trinajstić information content (AvgIpc) is 2.80. The van der Waals surface area contributed by atoms with Crippen LogP contribution in [0.2, 0.25) is 0 Å². The summed E-state index contributed by atoms with van der Waals surface area (Å²) in [6, 6.07) is 0. The Kier molecular flexibility index (Phi) is 26.7. The van der Waals surface area contributed by atoms with Crippen LogP contribution >= 0.6 is 0 Å². The predicted octanol–water partition coefficient (Wildman–Crippen LogP) is 9.60. The Bertz CT molecular complexity index is 420. The second-order valence-electron chi connectivity index (χ2n) is 10.2. The van der Waals surface area contributed by atoms with Gasteiger partial charge in [-0.05, 0) is 46.2 Å². The number of hydrogen-bond acceptors (Lipinski definition) is 3. The Balaban J connectivity index is 3.15. The van der Waals surface area contributed by atoms with Gasteiger partial charge in [-0.1, -0.05) is 128 Å². The maximum atomic E-state index is 11.5. The third-order valence-electron chi connectivity index (χ3n) is 6.38. The Labute approximate surface area is 208 Å². The highest BCUT2D eigenvalue weighted by Gasteiger charge is 2.02. The van der Waals surface area contributed by atoms with Gasteiger partial charge in [-0.25, -0.2) is 0 Å². The van der Waals surface area contributed by atoms with Crippen molar-refractivity contribution >= 4 is 5.97 Å². The molecule has 0 saturated carbocycles. The van der Waals surface area contributed by atoms with E-state index in [1.54, 1.807) is 0 Å². The largest absolute Gasteiger partial charge is 0.450 e. The van der Waals surface area contributed by atoms with Gasteiger partial charge in [-0.15, -0.1) is 0 Å².